The van der Waals surface area contributed by atoms with Crippen molar-refractivity contribution in [2.45, 2.75) is 76.6 Å². The molecule has 7 atom stereocenters. The predicted octanol–water partition coefficient (Wildman–Crippen LogP) is 7.09. The van der Waals surface area contributed by atoms with Crippen LogP contribution < -0.4 is 0 Å². The normalized spacial score (nSPS) is 23.5. The summed E-state index contributed by atoms with van der Waals surface area (Å²) in [6.45, 7) is 4.31. The monoisotopic (exact) mass is 628 g/mol. The Morgan fingerprint density at radius 3 is 1.48 bits per heavy atom. The fourth-order valence-corrected chi connectivity index (χ4v) is 5.52. The first-order valence-electron chi connectivity index (χ1n) is 15.7. The molecule has 0 N–H and O–H groups in total. The van der Waals surface area contributed by atoms with Crippen LogP contribution in [0.3, 0.4) is 0 Å². The highest BCUT2D eigenvalue weighted by Gasteiger charge is 2.56. The number of hydrogen-bond acceptors (Lipinski definition) is 7. The third-order valence-corrected chi connectivity index (χ3v) is 7.78. The van der Waals surface area contributed by atoms with Crippen LogP contribution in [0.15, 0.2) is 121 Å². The van der Waals surface area contributed by atoms with Gasteiger partial charge < -0.3 is 28.4 Å². The number of carbonyl (C=O) groups is 1. The molecule has 0 spiro atoms. The van der Waals surface area contributed by atoms with Crippen LogP contribution in [-0.2, 0) is 48.2 Å². The van der Waals surface area contributed by atoms with Crippen molar-refractivity contribution in [3.8, 4) is 0 Å². The van der Waals surface area contributed by atoms with Crippen molar-refractivity contribution in [1.82, 2.24) is 0 Å². The molecule has 7 nitrogen and oxygen atoms in total. The van der Waals surface area contributed by atoms with E-state index < -0.39 is 49.0 Å². The van der Waals surface area contributed by atoms with Crippen molar-refractivity contribution >= 4 is 5.97 Å². The lowest BCUT2D eigenvalue weighted by atomic mass is 9.84. The van der Waals surface area contributed by atoms with Crippen molar-refractivity contribution in [3.05, 3.63) is 144 Å². The summed E-state index contributed by atoms with van der Waals surface area (Å²) >= 11 is 0. The van der Waals surface area contributed by atoms with Crippen molar-refractivity contribution in [1.29, 1.82) is 0 Å². The van der Waals surface area contributed by atoms with Gasteiger partial charge in [0.05, 0.1) is 25.4 Å². The maximum Gasteiger partial charge on any atom is 0.338 e. The Kier molecular flexibility index (Phi) is 12.4. The van der Waals surface area contributed by atoms with E-state index in [1.54, 1.807) is 37.3 Å². The molecule has 1 aliphatic rings. The van der Waals surface area contributed by atoms with E-state index in [2.05, 4.69) is 0 Å². The van der Waals surface area contributed by atoms with Gasteiger partial charge in [0.1, 0.15) is 24.4 Å². The second kappa shape index (κ2) is 17.1. The molecule has 242 valence electrons. The Labute approximate surface area is 270 Å². The molecule has 0 heterocycles. The summed E-state index contributed by atoms with van der Waals surface area (Å²) < 4.78 is 54.3. The van der Waals surface area contributed by atoms with E-state index in [0.717, 1.165) is 16.7 Å². The average molecular weight is 629 g/mol. The Morgan fingerprint density at radius 1 is 0.609 bits per heavy atom. The van der Waals surface area contributed by atoms with Crippen LogP contribution in [0.5, 0.6) is 0 Å². The molecule has 0 saturated heterocycles. The van der Waals surface area contributed by atoms with Gasteiger partial charge in [-0.05, 0) is 42.7 Å². The van der Waals surface area contributed by atoms with Gasteiger partial charge in [0.2, 0.25) is 0 Å². The third kappa shape index (κ3) is 9.09. The molecule has 4 aromatic carbocycles. The van der Waals surface area contributed by atoms with Crippen molar-refractivity contribution in [2.24, 2.45) is 0 Å². The van der Waals surface area contributed by atoms with Crippen LogP contribution in [0.1, 0.15) is 40.9 Å². The highest BCUT2D eigenvalue weighted by Crippen LogP contribution is 2.36. The number of benzene rings is 4. The number of halogens is 1. The summed E-state index contributed by atoms with van der Waals surface area (Å²) in [6.07, 6.45) is -8.12. The fourth-order valence-electron chi connectivity index (χ4n) is 5.52. The molecule has 0 radical (unpaired) electrons. The largest absolute Gasteiger partial charge is 0.453 e. The first-order valence-corrected chi connectivity index (χ1v) is 15.7. The van der Waals surface area contributed by atoms with Crippen LogP contribution in [0.2, 0.25) is 0 Å². The van der Waals surface area contributed by atoms with Crippen LogP contribution in [0.4, 0.5) is 4.39 Å². The van der Waals surface area contributed by atoms with Crippen molar-refractivity contribution in [3.63, 3.8) is 0 Å². The van der Waals surface area contributed by atoms with Gasteiger partial charge in [-0.15, -0.1) is 0 Å². The second-order valence-corrected chi connectivity index (χ2v) is 11.1. The summed E-state index contributed by atoms with van der Waals surface area (Å²) in [5.74, 6) is -0.630. The van der Waals surface area contributed by atoms with Gasteiger partial charge in [0.25, 0.3) is 0 Å². The molecule has 1 saturated carbocycles. The predicted molar refractivity (Wildman–Crippen MR) is 172 cm³/mol. The molecule has 0 bridgehead atoms. The molecule has 1 aliphatic carbocycles. The lowest BCUT2D eigenvalue weighted by Gasteiger charge is -2.47. The lowest BCUT2D eigenvalue weighted by Crippen LogP contribution is -2.66. The number of ether oxygens (including phenoxy) is 6. The van der Waals surface area contributed by atoms with E-state index in [4.69, 9.17) is 28.4 Å². The molecular weight excluding hydrogens is 587 g/mol. The maximum atomic E-state index is 17.0. The topological polar surface area (TPSA) is 72.5 Å². The van der Waals surface area contributed by atoms with Gasteiger partial charge in [-0.1, -0.05) is 109 Å². The third-order valence-electron chi connectivity index (χ3n) is 7.78. The van der Waals surface area contributed by atoms with Crippen molar-refractivity contribution in [2.75, 3.05) is 6.61 Å². The van der Waals surface area contributed by atoms with E-state index in [0.29, 0.717) is 12.2 Å². The van der Waals surface area contributed by atoms with E-state index in [1.165, 1.54) is 0 Å². The number of carbonyl (C=O) groups excluding carboxylic acids is 1. The molecule has 4 aromatic rings. The summed E-state index contributed by atoms with van der Waals surface area (Å²) in [5, 5.41) is 0. The Hall–Kier alpha value is -3.92. The average Bonchev–Trinajstić information content (AvgIpc) is 3.10. The van der Waals surface area contributed by atoms with Gasteiger partial charge in [-0.25, -0.2) is 9.18 Å². The van der Waals surface area contributed by atoms with Crippen molar-refractivity contribution < 1.29 is 37.6 Å². The van der Waals surface area contributed by atoms with E-state index in [9.17, 15) is 4.79 Å². The van der Waals surface area contributed by atoms with Crippen LogP contribution in [-0.4, -0.2) is 55.6 Å². The van der Waals surface area contributed by atoms with E-state index in [-0.39, 0.29) is 19.8 Å². The molecule has 0 amide bonds. The zero-order chi connectivity index (χ0) is 32.1. The highest BCUT2D eigenvalue weighted by atomic mass is 19.1. The smallest absolute Gasteiger partial charge is 0.338 e. The summed E-state index contributed by atoms with van der Waals surface area (Å²) in [7, 11) is 0. The molecule has 1 unspecified atom stereocenters. The number of esters is 1. The first-order chi connectivity index (χ1) is 22.5. The maximum absolute atomic E-state index is 17.0. The zero-order valence-electron chi connectivity index (χ0n) is 26.2. The van der Waals surface area contributed by atoms with Gasteiger partial charge in [0.15, 0.2) is 18.6 Å². The molecule has 0 aliphatic heterocycles. The van der Waals surface area contributed by atoms with Gasteiger partial charge in [0, 0.05) is 6.61 Å². The van der Waals surface area contributed by atoms with E-state index in [1.807, 2.05) is 97.9 Å². The highest BCUT2D eigenvalue weighted by molar-refractivity contribution is 5.89. The fraction of sp³-hybridized carbons (Fsp3) is 0.342. The molecule has 1 fully saturated rings. The molecule has 8 heteroatoms. The second-order valence-electron chi connectivity index (χ2n) is 11.1. The van der Waals surface area contributed by atoms with Crippen LogP contribution in [0, 0.1) is 0 Å². The number of hydrogen-bond donors (Lipinski definition) is 0. The Bertz CT molecular complexity index is 1440. The SMILES string of the molecule is CCOC(C)O[C@@H]1[C@H](F)[C@@H](OCc2ccccc2)[C@H](OCc2ccccc2)[C@@H](OCc2ccccc2)[C@@H]1OC(=O)c1ccccc1. The summed E-state index contributed by atoms with van der Waals surface area (Å²) in [5.41, 5.74) is 2.97. The Balaban J connectivity index is 1.53. The standard InChI is InChI=1S/C38H41FO7/c1-3-41-27(2)45-34-32(39)33(42-24-28-16-8-4-9-17-28)35(43-25-29-18-10-5-11-19-29)36(44-26-30-20-12-6-13-21-30)37(34)46-38(40)31-22-14-7-15-23-31/h4-23,27,32-37H,3,24-26H2,1-2H3/t27?,32-,33-,34-,35+,36-,37-/m1/s1. The minimum Gasteiger partial charge on any atom is -0.453 e. The lowest BCUT2D eigenvalue weighted by molar-refractivity contribution is -0.283. The molecule has 0 aromatic heterocycles. The molecular formula is C38H41FO7. The first kappa shape index (κ1) is 33.4. The zero-order valence-corrected chi connectivity index (χ0v) is 26.2. The van der Waals surface area contributed by atoms with Gasteiger partial charge in [-0.3, -0.25) is 0 Å². The van der Waals surface area contributed by atoms with Gasteiger partial charge >= 0.3 is 5.97 Å². The summed E-state index contributed by atoms with van der Waals surface area (Å²) in [4.78, 5) is 13.5. The minimum atomic E-state index is -1.77. The van der Waals surface area contributed by atoms with E-state index >= 15 is 4.39 Å². The minimum absolute atomic E-state index is 0.130. The molecule has 46 heavy (non-hydrogen) atoms. The quantitative estimate of drug-likeness (QED) is 0.103. The number of alkyl halides is 1. The Morgan fingerprint density at radius 2 is 1.02 bits per heavy atom. The molecule has 5 rings (SSSR count). The summed E-state index contributed by atoms with van der Waals surface area (Å²) in [6, 6.07) is 37.3. The van der Waals surface area contributed by atoms with Gasteiger partial charge in [-0.2, -0.15) is 0 Å². The van der Waals surface area contributed by atoms with Crippen LogP contribution >= 0.6 is 0 Å². The van der Waals surface area contributed by atoms with Crippen LogP contribution in [0.25, 0.3) is 0 Å². The number of rotatable bonds is 15.